The quantitative estimate of drug-likeness (QED) is 0.722. The zero-order chi connectivity index (χ0) is 18.2. The molecule has 1 aromatic rings. The normalized spacial score (nSPS) is 12.0. The molecular weight excluding hydrogens is 310 g/mol. The van der Waals surface area contributed by atoms with Crippen LogP contribution in [0.5, 0.6) is 0 Å². The van der Waals surface area contributed by atoms with Gasteiger partial charge < -0.3 is 20.7 Å². The van der Waals surface area contributed by atoms with Crippen molar-refractivity contribution < 1.29 is 19.1 Å². The predicted octanol–water partition coefficient (Wildman–Crippen LogP) is 0.985. The Balaban J connectivity index is 2.55. The van der Waals surface area contributed by atoms with Crippen molar-refractivity contribution in [3.8, 4) is 0 Å². The van der Waals surface area contributed by atoms with Crippen LogP contribution in [-0.4, -0.2) is 43.1 Å². The maximum Gasteiger partial charge on any atom is 0.408 e. The topological polar surface area (TPSA) is 96.5 Å². The number of hydrogen-bond acceptors (Lipinski definition) is 4. The highest BCUT2D eigenvalue weighted by Gasteiger charge is 2.21. The van der Waals surface area contributed by atoms with Crippen molar-refractivity contribution in [2.75, 3.05) is 13.6 Å². The smallest absolute Gasteiger partial charge is 0.408 e. The van der Waals surface area contributed by atoms with Crippen molar-refractivity contribution in [3.05, 3.63) is 35.9 Å². The fourth-order valence-corrected chi connectivity index (χ4v) is 1.95. The van der Waals surface area contributed by atoms with E-state index in [0.29, 0.717) is 6.42 Å². The molecule has 1 aromatic carbocycles. The summed E-state index contributed by atoms with van der Waals surface area (Å²) in [6, 6.07) is 8.64. The third kappa shape index (κ3) is 7.62. The lowest BCUT2D eigenvalue weighted by Gasteiger charge is -2.20. The van der Waals surface area contributed by atoms with E-state index in [1.165, 1.54) is 7.05 Å². The first-order valence-electron chi connectivity index (χ1n) is 7.73. The van der Waals surface area contributed by atoms with E-state index < -0.39 is 23.6 Å². The summed E-state index contributed by atoms with van der Waals surface area (Å²) in [6.07, 6.45) is -0.323. The highest BCUT2D eigenvalue weighted by molar-refractivity contribution is 5.89. The lowest BCUT2D eigenvalue weighted by Crippen LogP contribution is -2.50. The van der Waals surface area contributed by atoms with Gasteiger partial charge in [0.2, 0.25) is 11.8 Å². The van der Waals surface area contributed by atoms with Crippen LogP contribution in [0.25, 0.3) is 0 Å². The molecule has 0 radical (unpaired) electrons. The standard InChI is InChI=1S/C17H25N3O4/c1-17(2,3)24-16(23)19-11-14(21)20-13(15(22)18-4)10-12-8-6-5-7-9-12/h5-9,13H,10-11H2,1-4H3,(H,18,22)(H,19,23)(H,20,21)/t13-/m1/s1. The highest BCUT2D eigenvalue weighted by atomic mass is 16.6. The van der Waals surface area contributed by atoms with Crippen LogP contribution < -0.4 is 16.0 Å². The third-order valence-electron chi connectivity index (χ3n) is 2.97. The second kappa shape index (κ2) is 8.90. The lowest BCUT2D eigenvalue weighted by molar-refractivity contribution is -0.128. The van der Waals surface area contributed by atoms with Gasteiger partial charge in [-0.1, -0.05) is 30.3 Å². The number of nitrogens with one attached hydrogen (secondary N) is 3. The Morgan fingerprint density at radius 3 is 2.29 bits per heavy atom. The number of ether oxygens (including phenoxy) is 1. The molecule has 7 heteroatoms. The molecule has 0 saturated heterocycles. The van der Waals surface area contributed by atoms with Crippen molar-refractivity contribution in [2.24, 2.45) is 0 Å². The summed E-state index contributed by atoms with van der Waals surface area (Å²) in [5, 5.41) is 7.49. The molecule has 0 fully saturated rings. The molecule has 0 spiro atoms. The molecule has 7 nitrogen and oxygen atoms in total. The molecule has 0 aliphatic carbocycles. The molecule has 0 aliphatic heterocycles. The Morgan fingerprint density at radius 2 is 1.75 bits per heavy atom. The van der Waals surface area contributed by atoms with Gasteiger partial charge in [0.15, 0.2) is 0 Å². The van der Waals surface area contributed by atoms with Gasteiger partial charge in [0.25, 0.3) is 0 Å². The molecule has 3 amide bonds. The Labute approximate surface area is 142 Å². The van der Waals surface area contributed by atoms with Crippen LogP contribution in [-0.2, 0) is 20.7 Å². The number of carbonyl (C=O) groups is 3. The summed E-state index contributed by atoms with van der Waals surface area (Å²) in [7, 11) is 1.51. The summed E-state index contributed by atoms with van der Waals surface area (Å²) in [6.45, 7) is 4.92. The van der Waals surface area contributed by atoms with Gasteiger partial charge >= 0.3 is 6.09 Å². The van der Waals surface area contributed by atoms with Crippen LogP contribution >= 0.6 is 0 Å². The number of amides is 3. The van der Waals surface area contributed by atoms with E-state index >= 15 is 0 Å². The first-order chi connectivity index (χ1) is 11.2. The molecule has 0 aromatic heterocycles. The van der Waals surface area contributed by atoms with Gasteiger partial charge in [-0.25, -0.2) is 4.79 Å². The van der Waals surface area contributed by atoms with Crippen molar-refractivity contribution in [1.82, 2.24) is 16.0 Å². The van der Waals surface area contributed by atoms with E-state index in [0.717, 1.165) is 5.56 Å². The SMILES string of the molecule is CNC(=O)[C@@H](Cc1ccccc1)NC(=O)CNC(=O)OC(C)(C)C. The molecule has 0 aliphatic rings. The monoisotopic (exact) mass is 335 g/mol. The minimum absolute atomic E-state index is 0.267. The molecule has 0 bridgehead atoms. The Morgan fingerprint density at radius 1 is 1.12 bits per heavy atom. The van der Waals surface area contributed by atoms with Gasteiger partial charge in [-0.15, -0.1) is 0 Å². The molecule has 3 N–H and O–H groups in total. The van der Waals surface area contributed by atoms with Gasteiger partial charge in [0.1, 0.15) is 18.2 Å². The molecule has 0 saturated carbocycles. The van der Waals surface area contributed by atoms with Crippen LogP contribution in [0.4, 0.5) is 4.79 Å². The van der Waals surface area contributed by atoms with Crippen molar-refractivity contribution in [3.63, 3.8) is 0 Å². The zero-order valence-electron chi connectivity index (χ0n) is 14.5. The summed E-state index contributed by atoms with van der Waals surface area (Å²) >= 11 is 0. The van der Waals surface area contributed by atoms with E-state index in [4.69, 9.17) is 4.74 Å². The minimum Gasteiger partial charge on any atom is -0.444 e. The molecule has 1 atom stereocenters. The van der Waals surface area contributed by atoms with Crippen LogP contribution in [0.3, 0.4) is 0 Å². The second-order valence-electron chi connectivity index (χ2n) is 6.28. The third-order valence-corrected chi connectivity index (χ3v) is 2.97. The van der Waals surface area contributed by atoms with Gasteiger partial charge in [0.05, 0.1) is 0 Å². The second-order valence-corrected chi connectivity index (χ2v) is 6.28. The average molecular weight is 335 g/mol. The van der Waals surface area contributed by atoms with Gasteiger partial charge in [-0.2, -0.15) is 0 Å². The summed E-state index contributed by atoms with van der Waals surface area (Å²) in [4.78, 5) is 35.4. The lowest BCUT2D eigenvalue weighted by atomic mass is 10.1. The van der Waals surface area contributed by atoms with Crippen molar-refractivity contribution in [2.45, 2.75) is 38.8 Å². The summed E-state index contributed by atoms with van der Waals surface area (Å²) in [5.41, 5.74) is 0.282. The maximum absolute atomic E-state index is 12.0. The number of alkyl carbamates (subject to hydrolysis) is 1. The van der Waals surface area contributed by atoms with Gasteiger partial charge in [-0.05, 0) is 26.3 Å². The summed E-state index contributed by atoms with van der Waals surface area (Å²) in [5.74, 6) is -0.769. The van der Waals surface area contributed by atoms with Crippen molar-refractivity contribution >= 4 is 17.9 Å². The van der Waals surface area contributed by atoms with E-state index in [9.17, 15) is 14.4 Å². The first kappa shape index (κ1) is 19.5. The maximum atomic E-state index is 12.0. The molecular formula is C17H25N3O4. The fourth-order valence-electron chi connectivity index (χ4n) is 1.95. The first-order valence-corrected chi connectivity index (χ1v) is 7.73. The predicted molar refractivity (Wildman–Crippen MR) is 90.4 cm³/mol. The van der Waals surface area contributed by atoms with Crippen LogP contribution in [0, 0.1) is 0 Å². The fraction of sp³-hybridized carbons (Fsp3) is 0.471. The van der Waals surface area contributed by atoms with Gasteiger partial charge in [-0.3, -0.25) is 9.59 Å². The molecule has 1 rings (SSSR count). The molecule has 24 heavy (non-hydrogen) atoms. The average Bonchev–Trinajstić information content (AvgIpc) is 2.51. The Hall–Kier alpha value is -2.57. The Bertz CT molecular complexity index is 567. The van der Waals surface area contributed by atoms with E-state index in [1.54, 1.807) is 20.8 Å². The summed E-state index contributed by atoms with van der Waals surface area (Å²) < 4.78 is 5.05. The van der Waals surface area contributed by atoms with Crippen LogP contribution in [0.15, 0.2) is 30.3 Å². The molecule has 0 heterocycles. The number of likely N-dealkylation sites (N-methyl/N-ethyl adjacent to an activating group) is 1. The number of carbonyl (C=O) groups excluding carboxylic acids is 3. The highest BCUT2D eigenvalue weighted by Crippen LogP contribution is 2.06. The molecule has 0 unspecified atom stereocenters. The van der Waals surface area contributed by atoms with Crippen LogP contribution in [0.2, 0.25) is 0 Å². The van der Waals surface area contributed by atoms with Crippen LogP contribution in [0.1, 0.15) is 26.3 Å². The van der Waals surface area contributed by atoms with Gasteiger partial charge in [0, 0.05) is 13.5 Å². The number of benzene rings is 1. The Kier molecular flexibility index (Phi) is 7.23. The number of rotatable bonds is 6. The largest absolute Gasteiger partial charge is 0.444 e. The van der Waals surface area contributed by atoms with E-state index in [2.05, 4.69) is 16.0 Å². The number of hydrogen-bond donors (Lipinski definition) is 3. The van der Waals surface area contributed by atoms with E-state index in [-0.39, 0.29) is 12.5 Å². The zero-order valence-corrected chi connectivity index (χ0v) is 14.5. The van der Waals surface area contributed by atoms with Crippen molar-refractivity contribution in [1.29, 1.82) is 0 Å². The minimum atomic E-state index is -0.717. The van der Waals surface area contributed by atoms with E-state index in [1.807, 2.05) is 30.3 Å². The molecule has 132 valence electrons.